The number of piperidine rings is 3. The van der Waals surface area contributed by atoms with Crippen LogP contribution in [0, 0.1) is 5.92 Å². The van der Waals surface area contributed by atoms with Crippen LogP contribution in [0.4, 0.5) is 11.5 Å². The molecule has 0 aliphatic carbocycles. The number of nitrogens with zero attached hydrogens (tertiary/aromatic N) is 9. The number of amides is 3. The molecule has 2 unspecified atom stereocenters. The molecule has 5 aromatic rings. The Labute approximate surface area is 368 Å². The van der Waals surface area contributed by atoms with Crippen LogP contribution in [0.1, 0.15) is 66.9 Å². The zero-order chi connectivity index (χ0) is 42.9. The summed E-state index contributed by atoms with van der Waals surface area (Å²) in [5.41, 5.74) is 11.8. The average molecular weight is 852 g/mol. The van der Waals surface area contributed by atoms with Crippen molar-refractivity contribution in [3.63, 3.8) is 0 Å². The molecule has 5 aliphatic heterocycles. The number of fused-ring (bicyclic) bond motifs is 2. The van der Waals surface area contributed by atoms with Crippen LogP contribution in [0.3, 0.4) is 0 Å². The fourth-order valence-corrected chi connectivity index (χ4v) is 10.4. The first kappa shape index (κ1) is 41.1. The fraction of sp³-hybridized carbons (Fsp3) is 0.458. The van der Waals surface area contributed by atoms with Crippen molar-refractivity contribution in [1.29, 1.82) is 0 Å². The molecular formula is C48H57N11O4. The van der Waals surface area contributed by atoms with Crippen molar-refractivity contribution in [2.24, 2.45) is 5.92 Å². The maximum atomic E-state index is 13.2. The molecule has 15 nitrogen and oxygen atoms in total. The van der Waals surface area contributed by atoms with E-state index in [1.54, 1.807) is 11.2 Å². The monoisotopic (exact) mass is 851 g/mol. The van der Waals surface area contributed by atoms with Gasteiger partial charge in [0.25, 0.3) is 5.91 Å². The predicted molar refractivity (Wildman–Crippen MR) is 241 cm³/mol. The second-order valence-corrected chi connectivity index (χ2v) is 18.0. The van der Waals surface area contributed by atoms with Gasteiger partial charge in [-0.05, 0) is 137 Å². The number of carbonyl (C=O) groups is 3. The van der Waals surface area contributed by atoms with E-state index in [0.717, 1.165) is 130 Å². The lowest BCUT2D eigenvalue weighted by Gasteiger charge is -2.39. The van der Waals surface area contributed by atoms with Gasteiger partial charge in [0.1, 0.15) is 35.4 Å². The number of aromatic nitrogens is 4. The van der Waals surface area contributed by atoms with Crippen LogP contribution in [-0.2, 0) is 16.1 Å². The summed E-state index contributed by atoms with van der Waals surface area (Å²) in [7, 11) is 0. The van der Waals surface area contributed by atoms with E-state index in [-0.39, 0.29) is 30.2 Å². The molecule has 3 aromatic carbocycles. The number of hydrogen-bond donors (Lipinski definition) is 2. The molecule has 328 valence electrons. The smallest absolute Gasteiger partial charge is 0.255 e. The van der Waals surface area contributed by atoms with Gasteiger partial charge in [-0.25, -0.2) is 14.6 Å². The number of imide groups is 1. The fourth-order valence-electron chi connectivity index (χ4n) is 10.4. The molecular weight excluding hydrogens is 795 g/mol. The lowest BCUT2D eigenvalue weighted by molar-refractivity contribution is -0.136. The van der Waals surface area contributed by atoms with Gasteiger partial charge in [0.2, 0.25) is 11.8 Å². The average Bonchev–Trinajstić information content (AvgIpc) is 3.86. The Kier molecular flexibility index (Phi) is 11.8. The molecule has 7 heterocycles. The van der Waals surface area contributed by atoms with E-state index >= 15 is 0 Å². The van der Waals surface area contributed by atoms with E-state index < -0.39 is 6.04 Å². The molecule has 0 radical (unpaired) electrons. The first-order chi connectivity index (χ1) is 30.8. The maximum Gasteiger partial charge on any atom is 0.255 e. The van der Waals surface area contributed by atoms with Crippen LogP contribution in [0.2, 0.25) is 0 Å². The van der Waals surface area contributed by atoms with E-state index in [1.807, 2.05) is 66.7 Å². The molecule has 63 heavy (non-hydrogen) atoms. The topological polar surface area (TPSA) is 158 Å². The predicted octanol–water partition coefficient (Wildman–Crippen LogP) is 5.19. The Balaban J connectivity index is 0.669. The number of anilines is 2. The highest BCUT2D eigenvalue weighted by molar-refractivity contribution is 6.05. The molecule has 2 aromatic heterocycles. The summed E-state index contributed by atoms with van der Waals surface area (Å²) in [6, 6.07) is 23.5. The Morgan fingerprint density at radius 1 is 0.778 bits per heavy atom. The van der Waals surface area contributed by atoms with Gasteiger partial charge >= 0.3 is 0 Å². The third-order valence-corrected chi connectivity index (χ3v) is 13.9. The molecule has 4 saturated heterocycles. The summed E-state index contributed by atoms with van der Waals surface area (Å²) in [6.45, 7) is 12.1. The van der Waals surface area contributed by atoms with Crippen LogP contribution < -0.4 is 20.7 Å². The Bertz CT molecular complexity index is 2440. The summed E-state index contributed by atoms with van der Waals surface area (Å²) in [5, 5.41) is 8.38. The third-order valence-electron chi connectivity index (χ3n) is 13.9. The largest absolute Gasteiger partial charge is 0.457 e. The number of ether oxygens (including phenoxy) is 1. The van der Waals surface area contributed by atoms with Gasteiger partial charge < -0.3 is 30.1 Å². The van der Waals surface area contributed by atoms with Crippen molar-refractivity contribution in [3.8, 4) is 22.8 Å². The zero-order valence-electron chi connectivity index (χ0n) is 35.9. The Morgan fingerprint density at radius 2 is 1.54 bits per heavy atom. The minimum atomic E-state index is -0.588. The zero-order valence-corrected chi connectivity index (χ0v) is 35.9. The molecule has 0 bridgehead atoms. The maximum absolute atomic E-state index is 13.2. The number of para-hydroxylation sites is 1. The van der Waals surface area contributed by atoms with Crippen molar-refractivity contribution >= 4 is 40.3 Å². The molecule has 0 saturated carbocycles. The van der Waals surface area contributed by atoms with E-state index in [4.69, 9.17) is 20.6 Å². The van der Waals surface area contributed by atoms with E-state index in [9.17, 15) is 14.4 Å². The molecule has 2 atom stereocenters. The number of benzene rings is 3. The quantitative estimate of drug-likeness (QED) is 0.159. The second kappa shape index (κ2) is 18.1. The van der Waals surface area contributed by atoms with Crippen molar-refractivity contribution in [2.45, 2.75) is 63.6 Å². The highest BCUT2D eigenvalue weighted by atomic mass is 16.5. The van der Waals surface area contributed by atoms with Crippen molar-refractivity contribution < 1.29 is 19.1 Å². The molecule has 15 heteroatoms. The number of likely N-dealkylation sites (tertiary alicyclic amines) is 2. The number of rotatable bonds is 12. The van der Waals surface area contributed by atoms with Crippen molar-refractivity contribution in [3.05, 3.63) is 90.3 Å². The lowest BCUT2D eigenvalue weighted by Crippen LogP contribution is -2.52. The van der Waals surface area contributed by atoms with Crippen LogP contribution in [0.15, 0.2) is 79.1 Å². The number of piperazine rings is 1. The Hall–Kier alpha value is -5.90. The minimum Gasteiger partial charge on any atom is -0.457 e. The minimum absolute atomic E-state index is 0.123. The molecule has 0 spiro atoms. The molecule has 3 N–H and O–H groups in total. The van der Waals surface area contributed by atoms with Gasteiger partial charge in [0, 0.05) is 69.0 Å². The van der Waals surface area contributed by atoms with E-state index in [2.05, 4.69) is 40.6 Å². The van der Waals surface area contributed by atoms with Crippen LogP contribution >= 0.6 is 0 Å². The molecule has 4 fully saturated rings. The number of carbonyl (C=O) groups excluding carboxylic acids is 3. The summed E-state index contributed by atoms with van der Waals surface area (Å²) in [6.07, 6.45) is 8.02. The van der Waals surface area contributed by atoms with Gasteiger partial charge in [0.15, 0.2) is 5.65 Å². The summed E-state index contributed by atoms with van der Waals surface area (Å²) in [5.74, 6) is 1.94. The first-order valence-electron chi connectivity index (χ1n) is 22.8. The molecule has 10 rings (SSSR count). The summed E-state index contributed by atoms with van der Waals surface area (Å²) >= 11 is 0. The Morgan fingerprint density at radius 3 is 2.32 bits per heavy atom. The van der Waals surface area contributed by atoms with Gasteiger partial charge in [-0.3, -0.25) is 24.6 Å². The normalized spacial score (nSPS) is 21.9. The number of nitrogens with two attached hydrogens (primary N) is 1. The van der Waals surface area contributed by atoms with Crippen LogP contribution in [0.25, 0.3) is 22.3 Å². The highest BCUT2D eigenvalue weighted by Gasteiger charge is 2.39. The van der Waals surface area contributed by atoms with Crippen molar-refractivity contribution in [1.82, 2.24) is 44.7 Å². The number of hydrogen-bond acceptors (Lipinski definition) is 12. The highest BCUT2D eigenvalue weighted by Crippen LogP contribution is 2.36. The standard InChI is InChI=1S/C48H57N11O4/c49-45-43-44(34-9-12-39(13-10-34)63-38-7-2-1-3-8-38)53-59(46(43)51-32-50-45)37-6-4-19-56(31-37)29-33-17-22-54(23-18-33)20-5-21-55-24-26-57(27-25-55)36-11-14-40-35(28-36)30-58(48(40)62)41-15-16-42(60)52-47(41)61/h1-3,7-14,28,32-33,37,41H,4-6,15-27,29-31H2,(H2,49,50,51)(H,52,60,61). The van der Waals surface area contributed by atoms with E-state index in [1.165, 1.54) is 19.3 Å². The molecule has 3 amide bonds. The second-order valence-electron chi connectivity index (χ2n) is 18.0. The third kappa shape index (κ3) is 8.86. The van der Waals surface area contributed by atoms with Gasteiger partial charge in [-0.1, -0.05) is 18.2 Å². The van der Waals surface area contributed by atoms with Gasteiger partial charge in [-0.2, -0.15) is 5.10 Å². The van der Waals surface area contributed by atoms with Crippen LogP contribution in [0.5, 0.6) is 11.5 Å². The van der Waals surface area contributed by atoms with Crippen LogP contribution in [-0.4, -0.2) is 135 Å². The SMILES string of the molecule is Nc1ncnc2c1c(-c1ccc(Oc3ccccc3)cc1)nn2C1CCCN(CC2CCN(CCCN3CCN(c4ccc5c(c4)CN(C4CCC(=O)NC4=O)C5=O)CC3)CC2)C1. The number of nitrogens with one attached hydrogen (secondary N) is 1. The van der Waals surface area contributed by atoms with Gasteiger partial charge in [0.05, 0.1) is 11.4 Å². The lowest BCUT2D eigenvalue weighted by atomic mass is 9.94. The van der Waals surface area contributed by atoms with Gasteiger partial charge in [-0.15, -0.1) is 0 Å². The van der Waals surface area contributed by atoms with E-state index in [0.29, 0.717) is 30.3 Å². The summed E-state index contributed by atoms with van der Waals surface area (Å²) < 4.78 is 8.15. The first-order valence-corrected chi connectivity index (χ1v) is 22.8. The summed E-state index contributed by atoms with van der Waals surface area (Å²) in [4.78, 5) is 58.3. The van der Waals surface area contributed by atoms with Crippen molar-refractivity contribution in [2.75, 3.05) is 82.6 Å². The number of nitrogen functional groups attached to an aromatic ring is 1. The molecule has 5 aliphatic rings.